The minimum Gasteiger partial charge on any atom is -0.444 e. The average Bonchev–Trinajstić information content (AvgIpc) is 3.49. The van der Waals surface area contributed by atoms with Crippen LogP contribution < -0.4 is 21.9 Å². The number of pyridine rings is 2. The van der Waals surface area contributed by atoms with Crippen molar-refractivity contribution in [2.45, 2.75) is 51.8 Å². The van der Waals surface area contributed by atoms with Gasteiger partial charge >= 0.3 is 11.8 Å². The molecule has 0 bridgehead atoms. The molecule has 284 valence electrons. The van der Waals surface area contributed by atoms with Crippen LogP contribution in [0.3, 0.4) is 0 Å². The van der Waals surface area contributed by atoms with Gasteiger partial charge < -0.3 is 30.1 Å². The topological polar surface area (TPSA) is 163 Å². The maximum atomic E-state index is 13.1. The van der Waals surface area contributed by atoms with Gasteiger partial charge in [-0.25, -0.2) is 14.6 Å². The molecule has 4 heterocycles. The predicted octanol–water partition coefficient (Wildman–Crippen LogP) is 6.22. The predicted molar refractivity (Wildman–Crippen MR) is 213 cm³/mol. The zero-order valence-corrected chi connectivity index (χ0v) is 31.2. The number of likely N-dealkylation sites (tertiary alicyclic amines) is 1. The van der Waals surface area contributed by atoms with Gasteiger partial charge in [0.15, 0.2) is 0 Å². The largest absolute Gasteiger partial charge is 0.444 e. The minimum absolute atomic E-state index is 0.00857. The number of hydrogen-bond acceptors (Lipinski definition) is 8. The lowest BCUT2D eigenvalue weighted by Gasteiger charge is -2.32. The second-order valence-electron chi connectivity index (χ2n) is 14.8. The van der Waals surface area contributed by atoms with Crippen molar-refractivity contribution in [3.05, 3.63) is 118 Å². The van der Waals surface area contributed by atoms with Gasteiger partial charge in [-0.1, -0.05) is 54.6 Å². The molecule has 2 amide bonds. The highest BCUT2D eigenvalue weighted by atomic mass is 16.6. The number of nitrogens with one attached hydrogen (secondary N) is 4. The molecule has 55 heavy (non-hydrogen) atoms. The third kappa shape index (κ3) is 9.02. The van der Waals surface area contributed by atoms with E-state index in [1.165, 1.54) is 5.56 Å². The van der Waals surface area contributed by atoms with E-state index in [0.29, 0.717) is 22.1 Å². The van der Waals surface area contributed by atoms with Gasteiger partial charge in [0.25, 0.3) is 5.56 Å². The van der Waals surface area contributed by atoms with Gasteiger partial charge in [0.2, 0.25) is 5.91 Å². The number of amides is 2. The Hall–Kier alpha value is -6.05. The number of carbonyl (C=O) groups is 2. The fourth-order valence-electron chi connectivity index (χ4n) is 6.99. The number of piperidine rings is 1. The van der Waals surface area contributed by atoms with Gasteiger partial charge in [-0.2, -0.15) is 0 Å². The normalized spacial score (nSPS) is 13.9. The number of H-pyrrole nitrogens is 2. The molecular formula is C42H45N7O6. The van der Waals surface area contributed by atoms with Crippen LogP contribution in [-0.2, 0) is 20.8 Å². The summed E-state index contributed by atoms with van der Waals surface area (Å²) in [5.41, 5.74) is 6.58. The molecule has 0 saturated carbocycles. The molecule has 7 rings (SSSR count). The van der Waals surface area contributed by atoms with Crippen molar-refractivity contribution in [1.82, 2.24) is 29.7 Å². The Balaban J connectivity index is 0.957. The number of alkyl carbamates (subject to hydrolysis) is 1. The van der Waals surface area contributed by atoms with Crippen molar-refractivity contribution in [2.24, 2.45) is 0 Å². The number of carbonyl (C=O) groups excluding carboxylic acids is 2. The molecule has 1 aliphatic rings. The van der Waals surface area contributed by atoms with Crippen molar-refractivity contribution >= 4 is 39.6 Å². The maximum absolute atomic E-state index is 13.1. The van der Waals surface area contributed by atoms with Crippen LogP contribution >= 0.6 is 0 Å². The Labute approximate surface area is 317 Å². The number of imidazole rings is 1. The third-order valence-corrected chi connectivity index (χ3v) is 9.54. The zero-order chi connectivity index (χ0) is 38.5. The number of anilines is 1. The number of ether oxygens (including phenoxy) is 2. The van der Waals surface area contributed by atoms with Crippen molar-refractivity contribution < 1.29 is 19.1 Å². The number of hydrogen-bond donors (Lipinski definition) is 4. The molecule has 3 aromatic carbocycles. The van der Waals surface area contributed by atoms with Gasteiger partial charge in [-0.15, -0.1) is 0 Å². The fraction of sp³-hybridized carbons (Fsp3) is 0.310. The quantitative estimate of drug-likeness (QED) is 0.114. The van der Waals surface area contributed by atoms with Crippen molar-refractivity contribution in [1.29, 1.82) is 0 Å². The Bertz CT molecular complexity index is 2420. The highest BCUT2D eigenvalue weighted by molar-refractivity contribution is 5.94. The molecule has 13 nitrogen and oxygen atoms in total. The van der Waals surface area contributed by atoms with E-state index in [-0.39, 0.29) is 43.0 Å². The van der Waals surface area contributed by atoms with Gasteiger partial charge in [-0.3, -0.25) is 19.1 Å². The highest BCUT2D eigenvalue weighted by Gasteiger charge is 2.24. The Kier molecular flexibility index (Phi) is 10.9. The van der Waals surface area contributed by atoms with Crippen LogP contribution in [-0.4, -0.2) is 74.9 Å². The lowest BCUT2D eigenvalue weighted by atomic mass is 9.97. The number of aromatic amines is 2. The lowest BCUT2D eigenvalue weighted by molar-refractivity contribution is -0.120. The lowest BCUT2D eigenvalue weighted by Crippen LogP contribution is -2.36. The number of aromatic nitrogens is 4. The molecule has 0 spiro atoms. The van der Waals surface area contributed by atoms with E-state index in [2.05, 4.69) is 49.8 Å². The smallest absolute Gasteiger partial charge is 0.407 e. The third-order valence-electron chi connectivity index (χ3n) is 9.54. The summed E-state index contributed by atoms with van der Waals surface area (Å²) in [6.45, 7) is 7.93. The van der Waals surface area contributed by atoms with Crippen LogP contribution in [0, 0.1) is 0 Å². The van der Waals surface area contributed by atoms with E-state index < -0.39 is 11.7 Å². The first-order chi connectivity index (χ1) is 26.5. The monoisotopic (exact) mass is 743 g/mol. The molecule has 3 aromatic heterocycles. The number of nitrogens with zero attached hydrogens (tertiary/aromatic N) is 3. The summed E-state index contributed by atoms with van der Waals surface area (Å²) >= 11 is 0. The molecule has 1 saturated heterocycles. The molecule has 0 radical (unpaired) electrons. The van der Waals surface area contributed by atoms with Crippen LogP contribution in [0.5, 0.6) is 0 Å². The van der Waals surface area contributed by atoms with Gasteiger partial charge in [0, 0.05) is 55.2 Å². The summed E-state index contributed by atoms with van der Waals surface area (Å²) < 4.78 is 12.4. The van der Waals surface area contributed by atoms with Crippen molar-refractivity contribution in [3.63, 3.8) is 0 Å². The van der Waals surface area contributed by atoms with Crippen molar-refractivity contribution in [3.8, 4) is 22.4 Å². The van der Waals surface area contributed by atoms with E-state index >= 15 is 0 Å². The van der Waals surface area contributed by atoms with Gasteiger partial charge in [0.1, 0.15) is 12.2 Å². The molecule has 4 N–H and O–H groups in total. The first kappa shape index (κ1) is 37.3. The molecule has 13 heteroatoms. The standard InChI is InChI=1S/C42H45N7O6/c1-42(2,3)55-41(53)44-19-22-54-26-37(50)45-30-13-14-35-36(23-30)49(40(52)47-35)31-16-20-48(21-17-31)25-27-9-11-29(12-10-27)38-32(28-7-5-4-6-8-28)24-33-34(46-38)15-18-43-39(33)51/h4-15,18,23-24,31H,16-17,19-22,25-26H2,1-3H3,(H,43,51)(H,44,53)(H,45,50)(H,47,52). The van der Waals surface area contributed by atoms with E-state index in [1.807, 2.05) is 53.1 Å². The number of rotatable bonds is 11. The molecule has 1 fully saturated rings. The summed E-state index contributed by atoms with van der Waals surface area (Å²) in [7, 11) is 0. The van der Waals surface area contributed by atoms with Gasteiger partial charge in [-0.05, 0) is 75.1 Å². The van der Waals surface area contributed by atoms with E-state index in [4.69, 9.17) is 14.5 Å². The summed E-state index contributed by atoms with van der Waals surface area (Å²) in [4.78, 5) is 63.1. The Morgan fingerprint density at radius 2 is 1.69 bits per heavy atom. The Morgan fingerprint density at radius 3 is 2.44 bits per heavy atom. The average molecular weight is 744 g/mol. The van der Waals surface area contributed by atoms with E-state index in [1.54, 1.807) is 39.1 Å². The fourth-order valence-corrected chi connectivity index (χ4v) is 6.99. The summed E-state index contributed by atoms with van der Waals surface area (Å²) in [6, 6.07) is 27.5. The molecule has 0 aliphatic carbocycles. The van der Waals surface area contributed by atoms with Crippen LogP contribution in [0.4, 0.5) is 10.5 Å². The van der Waals surface area contributed by atoms with Crippen LogP contribution in [0.1, 0.15) is 45.2 Å². The first-order valence-corrected chi connectivity index (χ1v) is 18.5. The number of fused-ring (bicyclic) bond motifs is 2. The van der Waals surface area contributed by atoms with E-state index in [9.17, 15) is 19.2 Å². The van der Waals surface area contributed by atoms with E-state index in [0.717, 1.165) is 60.4 Å². The SMILES string of the molecule is CC(C)(C)OC(=O)NCCOCC(=O)Nc1ccc2[nH]c(=O)n(C3CCN(Cc4ccc(-c5nc6cc[nH]c(=O)c6cc5-c5ccccc5)cc4)CC3)c2c1. The number of benzene rings is 3. The molecule has 0 atom stereocenters. The minimum atomic E-state index is -0.595. The van der Waals surface area contributed by atoms with Crippen LogP contribution in [0.25, 0.3) is 44.3 Å². The summed E-state index contributed by atoms with van der Waals surface area (Å²) in [6.07, 6.45) is 2.68. The Morgan fingerprint density at radius 1 is 0.927 bits per heavy atom. The van der Waals surface area contributed by atoms with Gasteiger partial charge in [0.05, 0.1) is 34.2 Å². The molecular weight excluding hydrogens is 699 g/mol. The highest BCUT2D eigenvalue weighted by Crippen LogP contribution is 2.33. The molecule has 0 unspecified atom stereocenters. The zero-order valence-electron chi connectivity index (χ0n) is 31.2. The molecule has 6 aromatic rings. The summed E-state index contributed by atoms with van der Waals surface area (Å²) in [5, 5.41) is 5.99. The second kappa shape index (κ2) is 16.1. The van der Waals surface area contributed by atoms with Crippen LogP contribution in [0.15, 0.2) is 101 Å². The first-order valence-electron chi connectivity index (χ1n) is 18.5. The summed E-state index contributed by atoms with van der Waals surface area (Å²) in [5.74, 6) is -0.343. The molecule has 1 aliphatic heterocycles. The van der Waals surface area contributed by atoms with Crippen LogP contribution in [0.2, 0.25) is 0 Å². The van der Waals surface area contributed by atoms with Crippen molar-refractivity contribution in [2.75, 3.05) is 38.2 Å². The second-order valence-corrected chi connectivity index (χ2v) is 14.8. The maximum Gasteiger partial charge on any atom is 0.407 e.